The first-order chi connectivity index (χ1) is 15.5. The number of amides is 1. The number of hydrogen-bond acceptors (Lipinski definition) is 7. The zero-order valence-corrected chi connectivity index (χ0v) is 18.4. The molecule has 1 aromatic carbocycles. The van der Waals surface area contributed by atoms with Crippen LogP contribution in [0, 0.1) is 11.6 Å². The topological polar surface area (TPSA) is 115 Å². The van der Waals surface area contributed by atoms with Gasteiger partial charge in [-0.15, -0.1) is 12.4 Å². The van der Waals surface area contributed by atoms with Crippen molar-refractivity contribution < 1.29 is 18.3 Å². The summed E-state index contributed by atoms with van der Waals surface area (Å²) in [4.78, 5) is 24.5. The molecule has 1 atom stereocenters. The molecule has 1 amide bonds. The number of nitrogens with two attached hydrogens (primary N) is 1. The van der Waals surface area contributed by atoms with Gasteiger partial charge < -0.3 is 21.1 Å². The molecule has 1 saturated heterocycles. The van der Waals surface area contributed by atoms with E-state index in [1.54, 1.807) is 18.3 Å². The first kappa shape index (κ1) is 24.3. The van der Waals surface area contributed by atoms with E-state index in [1.807, 2.05) is 0 Å². The van der Waals surface area contributed by atoms with Crippen LogP contribution in [0.25, 0.3) is 11.3 Å². The maximum Gasteiger partial charge on any atom is 0.278 e. The fourth-order valence-corrected chi connectivity index (χ4v) is 3.47. The third kappa shape index (κ3) is 5.91. The van der Waals surface area contributed by atoms with Crippen molar-refractivity contribution in [3.8, 4) is 17.0 Å². The van der Waals surface area contributed by atoms with Crippen molar-refractivity contribution in [2.75, 3.05) is 24.2 Å². The minimum absolute atomic E-state index is 0. The summed E-state index contributed by atoms with van der Waals surface area (Å²) in [6, 6.07) is 5.56. The van der Waals surface area contributed by atoms with E-state index in [2.05, 4.69) is 25.6 Å². The summed E-state index contributed by atoms with van der Waals surface area (Å²) < 4.78 is 34.8. The van der Waals surface area contributed by atoms with Crippen molar-refractivity contribution >= 4 is 29.8 Å². The van der Waals surface area contributed by atoms with E-state index in [-0.39, 0.29) is 47.5 Å². The number of ether oxygens (including phenoxy) is 1. The Morgan fingerprint density at radius 3 is 2.85 bits per heavy atom. The zero-order chi connectivity index (χ0) is 22.5. The first-order valence-corrected chi connectivity index (χ1v) is 10.2. The van der Waals surface area contributed by atoms with Gasteiger partial charge in [0, 0.05) is 23.9 Å². The maximum atomic E-state index is 14.8. The van der Waals surface area contributed by atoms with Crippen LogP contribution in [0.4, 0.5) is 20.3 Å². The van der Waals surface area contributed by atoms with Crippen molar-refractivity contribution in [1.82, 2.24) is 20.3 Å². The summed E-state index contributed by atoms with van der Waals surface area (Å²) in [5.74, 6) is -2.45. The number of aromatic nitrogens is 3. The Kier molecular flexibility index (Phi) is 8.07. The molecule has 1 aliphatic rings. The molecule has 11 heteroatoms. The van der Waals surface area contributed by atoms with E-state index in [4.69, 9.17) is 10.5 Å². The summed E-state index contributed by atoms with van der Waals surface area (Å²) in [5.41, 5.74) is 5.80. The van der Waals surface area contributed by atoms with Crippen LogP contribution in [-0.4, -0.2) is 40.1 Å². The molecule has 1 fully saturated rings. The summed E-state index contributed by atoms with van der Waals surface area (Å²) in [7, 11) is 0. The predicted octanol–water partition coefficient (Wildman–Crippen LogP) is 3.59. The molecular weight excluding hydrogens is 454 g/mol. The Labute approximate surface area is 195 Å². The van der Waals surface area contributed by atoms with Crippen LogP contribution in [0.1, 0.15) is 29.8 Å². The number of rotatable bonds is 7. The largest absolute Gasteiger partial charge is 0.490 e. The van der Waals surface area contributed by atoms with Gasteiger partial charge in [0.1, 0.15) is 5.82 Å². The van der Waals surface area contributed by atoms with Crippen LogP contribution in [-0.2, 0) is 0 Å². The molecule has 33 heavy (non-hydrogen) atoms. The van der Waals surface area contributed by atoms with Crippen LogP contribution in [0.5, 0.6) is 5.75 Å². The standard InChI is InChI=1S/C22H22F2N6O2.ClH/c23-16-10-19(32-8-5-13-3-2-7-27-13)17(24)9-15(16)18-12-28-21(25)20(30-18)22(31)29-14-4-1-6-26-11-14;/h1,4,6,9-13,27H,2-3,5,7-8H2,(H2,25,28)(H,29,31);1H. The van der Waals surface area contributed by atoms with E-state index >= 15 is 0 Å². The van der Waals surface area contributed by atoms with Gasteiger partial charge in [-0.3, -0.25) is 9.78 Å². The number of hydrogen-bond donors (Lipinski definition) is 3. The predicted molar refractivity (Wildman–Crippen MR) is 122 cm³/mol. The Bertz CT molecular complexity index is 1110. The molecule has 4 rings (SSSR count). The number of carbonyl (C=O) groups excluding carboxylic acids is 1. The van der Waals surface area contributed by atoms with E-state index in [1.165, 1.54) is 12.4 Å². The summed E-state index contributed by atoms with van der Waals surface area (Å²) in [6.45, 7) is 1.24. The summed E-state index contributed by atoms with van der Waals surface area (Å²) in [5, 5.41) is 5.91. The third-order valence-electron chi connectivity index (χ3n) is 5.12. The number of pyridine rings is 1. The maximum absolute atomic E-state index is 14.8. The molecule has 0 saturated carbocycles. The Morgan fingerprint density at radius 2 is 2.12 bits per heavy atom. The third-order valence-corrected chi connectivity index (χ3v) is 5.12. The van der Waals surface area contributed by atoms with Gasteiger partial charge in [-0.2, -0.15) is 0 Å². The monoisotopic (exact) mass is 476 g/mol. The molecule has 2 aromatic heterocycles. The molecule has 0 aliphatic carbocycles. The second-order valence-corrected chi connectivity index (χ2v) is 7.38. The lowest BCUT2D eigenvalue weighted by Gasteiger charge is -2.13. The second-order valence-electron chi connectivity index (χ2n) is 7.38. The van der Waals surface area contributed by atoms with Crippen LogP contribution in [0.15, 0.2) is 42.9 Å². The SMILES string of the molecule is Cl.Nc1ncc(-c2cc(F)c(OCCC3CCCN3)cc2F)nc1C(=O)Nc1cccnc1. The lowest BCUT2D eigenvalue weighted by Crippen LogP contribution is -2.23. The van der Waals surface area contributed by atoms with Gasteiger partial charge in [0.15, 0.2) is 23.1 Å². The van der Waals surface area contributed by atoms with Gasteiger partial charge in [-0.1, -0.05) is 0 Å². The Balaban J connectivity index is 0.00000306. The number of nitrogens with one attached hydrogen (secondary N) is 2. The highest BCUT2D eigenvalue weighted by Gasteiger charge is 2.19. The van der Waals surface area contributed by atoms with E-state index in [0.29, 0.717) is 18.2 Å². The molecule has 0 radical (unpaired) electrons. The Morgan fingerprint density at radius 1 is 1.27 bits per heavy atom. The average molecular weight is 477 g/mol. The molecule has 1 unspecified atom stereocenters. The van der Waals surface area contributed by atoms with Gasteiger partial charge in [-0.25, -0.2) is 18.7 Å². The van der Waals surface area contributed by atoms with Crippen LogP contribution in [0.3, 0.4) is 0 Å². The molecule has 0 bridgehead atoms. The number of nitrogens with zero attached hydrogens (tertiary/aromatic N) is 3. The highest BCUT2D eigenvalue weighted by molar-refractivity contribution is 6.05. The lowest BCUT2D eigenvalue weighted by molar-refractivity contribution is 0.102. The molecule has 4 N–H and O–H groups in total. The van der Waals surface area contributed by atoms with Crippen LogP contribution >= 0.6 is 12.4 Å². The normalized spacial score (nSPS) is 15.0. The van der Waals surface area contributed by atoms with Crippen molar-refractivity contribution in [2.24, 2.45) is 0 Å². The quantitative estimate of drug-likeness (QED) is 0.477. The fourth-order valence-electron chi connectivity index (χ4n) is 3.47. The summed E-state index contributed by atoms with van der Waals surface area (Å²) >= 11 is 0. The first-order valence-electron chi connectivity index (χ1n) is 10.2. The fraction of sp³-hybridized carbons (Fsp3) is 0.273. The zero-order valence-electron chi connectivity index (χ0n) is 17.6. The lowest BCUT2D eigenvalue weighted by atomic mass is 10.1. The number of anilines is 2. The van der Waals surface area contributed by atoms with Crippen molar-refractivity contribution in [2.45, 2.75) is 25.3 Å². The number of nitrogen functional groups attached to an aromatic ring is 1. The average Bonchev–Trinajstić information content (AvgIpc) is 3.30. The van der Waals surface area contributed by atoms with Gasteiger partial charge in [-0.05, 0) is 44.0 Å². The van der Waals surface area contributed by atoms with Gasteiger partial charge in [0.25, 0.3) is 5.91 Å². The molecule has 8 nitrogen and oxygen atoms in total. The van der Waals surface area contributed by atoms with E-state index in [9.17, 15) is 13.6 Å². The highest BCUT2D eigenvalue weighted by Crippen LogP contribution is 2.29. The number of benzene rings is 1. The minimum atomic E-state index is -0.752. The number of halogens is 3. The molecule has 174 valence electrons. The summed E-state index contributed by atoms with van der Waals surface area (Å²) in [6.07, 6.45) is 7.05. The van der Waals surface area contributed by atoms with Gasteiger partial charge in [0.2, 0.25) is 0 Å². The molecule has 3 aromatic rings. The minimum Gasteiger partial charge on any atom is -0.490 e. The second kappa shape index (κ2) is 11.0. The van der Waals surface area contributed by atoms with Crippen molar-refractivity contribution in [1.29, 1.82) is 0 Å². The van der Waals surface area contributed by atoms with E-state index < -0.39 is 17.5 Å². The van der Waals surface area contributed by atoms with Gasteiger partial charge >= 0.3 is 0 Å². The molecule has 0 spiro atoms. The van der Waals surface area contributed by atoms with Gasteiger partial charge in [0.05, 0.1) is 30.4 Å². The molecular formula is C22H23ClF2N6O2. The van der Waals surface area contributed by atoms with E-state index in [0.717, 1.165) is 31.5 Å². The van der Waals surface area contributed by atoms with Crippen LogP contribution in [0.2, 0.25) is 0 Å². The van der Waals surface area contributed by atoms with Crippen molar-refractivity contribution in [3.05, 3.63) is 60.2 Å². The van der Waals surface area contributed by atoms with Crippen LogP contribution < -0.4 is 21.1 Å². The number of carbonyl (C=O) groups is 1. The smallest absolute Gasteiger partial charge is 0.278 e. The highest BCUT2D eigenvalue weighted by atomic mass is 35.5. The van der Waals surface area contributed by atoms with Crippen molar-refractivity contribution in [3.63, 3.8) is 0 Å². The molecule has 3 heterocycles. The molecule has 1 aliphatic heterocycles. The Hall–Kier alpha value is -3.37.